The van der Waals surface area contributed by atoms with Gasteiger partial charge >= 0.3 is 0 Å². The largest absolute Gasteiger partial charge is 0.494 e. The summed E-state index contributed by atoms with van der Waals surface area (Å²) in [4.78, 5) is 16.3. The van der Waals surface area contributed by atoms with Crippen LogP contribution in [0, 0.1) is 5.82 Å². The van der Waals surface area contributed by atoms with Crippen molar-refractivity contribution in [1.29, 1.82) is 0 Å². The zero-order valence-corrected chi connectivity index (χ0v) is 17.5. The van der Waals surface area contributed by atoms with Crippen molar-refractivity contribution >= 4 is 5.91 Å². The maximum atomic E-state index is 12.8. The number of benzene rings is 2. The van der Waals surface area contributed by atoms with E-state index in [9.17, 15) is 9.18 Å². The van der Waals surface area contributed by atoms with Crippen LogP contribution in [0.4, 0.5) is 4.39 Å². The van der Waals surface area contributed by atoms with Gasteiger partial charge in [0.1, 0.15) is 17.3 Å². The number of rotatable bonds is 12. The lowest BCUT2D eigenvalue weighted by Crippen LogP contribution is -2.25. The summed E-state index contributed by atoms with van der Waals surface area (Å²) in [5, 5.41) is 6.84. The Balaban J connectivity index is 1.30. The highest BCUT2D eigenvalue weighted by atomic mass is 19.1. The Morgan fingerprint density at radius 1 is 1.03 bits per heavy atom. The van der Waals surface area contributed by atoms with Crippen LogP contribution in [-0.4, -0.2) is 35.8 Å². The van der Waals surface area contributed by atoms with E-state index in [-0.39, 0.29) is 18.1 Å². The summed E-state index contributed by atoms with van der Waals surface area (Å²) in [6.07, 6.45) is 2.22. The third-order valence-electron chi connectivity index (χ3n) is 4.43. The van der Waals surface area contributed by atoms with Gasteiger partial charge in [-0.3, -0.25) is 4.79 Å². The van der Waals surface area contributed by atoms with Gasteiger partial charge in [0.15, 0.2) is 0 Å². The third-order valence-corrected chi connectivity index (χ3v) is 4.43. The molecule has 0 saturated carbocycles. The summed E-state index contributed by atoms with van der Waals surface area (Å²) in [5.74, 6) is 1.97. The Kier molecular flexibility index (Phi) is 8.39. The number of aryl methyl sites for hydroxylation is 1. The summed E-state index contributed by atoms with van der Waals surface area (Å²) in [6.45, 7) is 3.61. The van der Waals surface area contributed by atoms with Crippen LogP contribution in [0.2, 0.25) is 0 Å². The molecule has 0 aliphatic rings. The fraction of sp³-hybridized carbons (Fsp3) is 0.348. The second kappa shape index (κ2) is 11.7. The van der Waals surface area contributed by atoms with Crippen LogP contribution in [0.5, 0.6) is 11.5 Å². The first-order valence-electron chi connectivity index (χ1n) is 10.3. The van der Waals surface area contributed by atoms with Gasteiger partial charge in [0.2, 0.25) is 17.6 Å². The lowest BCUT2D eigenvalue weighted by atomic mass is 10.2. The van der Waals surface area contributed by atoms with Crippen LogP contribution in [0.25, 0.3) is 11.4 Å². The molecular weight excluding hydrogens is 401 g/mol. The summed E-state index contributed by atoms with van der Waals surface area (Å²) < 4.78 is 29.0. The Morgan fingerprint density at radius 3 is 2.48 bits per heavy atom. The third kappa shape index (κ3) is 7.40. The molecule has 1 heterocycles. The predicted molar refractivity (Wildman–Crippen MR) is 113 cm³/mol. The number of carbonyl (C=O) groups excluding carboxylic acids is 1. The molecule has 0 saturated heterocycles. The Labute approximate surface area is 180 Å². The molecule has 0 unspecified atom stereocenters. The highest BCUT2D eigenvalue weighted by Gasteiger charge is 2.11. The van der Waals surface area contributed by atoms with E-state index in [4.69, 9.17) is 14.0 Å². The molecule has 0 aliphatic heterocycles. The lowest BCUT2D eigenvalue weighted by molar-refractivity contribution is -0.121. The number of hydrogen-bond acceptors (Lipinski definition) is 6. The van der Waals surface area contributed by atoms with E-state index in [1.54, 1.807) is 12.1 Å². The molecule has 31 heavy (non-hydrogen) atoms. The van der Waals surface area contributed by atoms with Crippen molar-refractivity contribution in [1.82, 2.24) is 15.5 Å². The van der Waals surface area contributed by atoms with Crippen LogP contribution in [0.3, 0.4) is 0 Å². The van der Waals surface area contributed by atoms with Gasteiger partial charge in [0.25, 0.3) is 0 Å². The number of nitrogens with zero attached hydrogens (tertiary/aromatic N) is 2. The average molecular weight is 427 g/mol. The number of hydrogen-bond donors (Lipinski definition) is 1. The molecule has 1 amide bonds. The van der Waals surface area contributed by atoms with E-state index in [0.717, 1.165) is 24.2 Å². The second-order valence-electron chi connectivity index (χ2n) is 6.83. The van der Waals surface area contributed by atoms with Crippen molar-refractivity contribution in [3.05, 3.63) is 60.2 Å². The molecule has 164 valence electrons. The standard InChI is InChI=1S/C23H26FN3O4/c1-2-29-19-9-5-17(6-10-19)23-26-22(31-27-23)14-13-21(28)25-15-3-4-16-30-20-11-7-18(24)8-12-20/h5-12H,2-4,13-16H2,1H3,(H,25,28). The molecular formula is C23H26FN3O4. The Morgan fingerprint density at radius 2 is 1.74 bits per heavy atom. The van der Waals surface area contributed by atoms with Crippen LogP contribution in [0.1, 0.15) is 32.1 Å². The van der Waals surface area contributed by atoms with Crippen molar-refractivity contribution in [2.75, 3.05) is 19.8 Å². The molecule has 1 N–H and O–H groups in total. The molecule has 0 spiro atoms. The maximum absolute atomic E-state index is 12.8. The van der Waals surface area contributed by atoms with Gasteiger partial charge < -0.3 is 19.3 Å². The van der Waals surface area contributed by atoms with Crippen LogP contribution < -0.4 is 14.8 Å². The minimum absolute atomic E-state index is 0.0692. The van der Waals surface area contributed by atoms with Gasteiger partial charge in [-0.2, -0.15) is 4.98 Å². The molecule has 3 aromatic rings. The van der Waals surface area contributed by atoms with Gasteiger partial charge in [-0.05, 0) is 68.3 Å². The van der Waals surface area contributed by atoms with Gasteiger partial charge in [-0.25, -0.2) is 4.39 Å². The van der Waals surface area contributed by atoms with E-state index < -0.39 is 0 Å². The summed E-state index contributed by atoms with van der Waals surface area (Å²) in [5.41, 5.74) is 0.825. The quantitative estimate of drug-likeness (QED) is 0.436. The monoisotopic (exact) mass is 427 g/mol. The SMILES string of the molecule is CCOc1ccc(-c2noc(CCC(=O)NCCCCOc3ccc(F)cc3)n2)cc1. The highest BCUT2D eigenvalue weighted by Crippen LogP contribution is 2.20. The van der Waals surface area contributed by atoms with E-state index in [1.165, 1.54) is 12.1 Å². The zero-order chi connectivity index (χ0) is 21.9. The molecule has 1 aromatic heterocycles. The van der Waals surface area contributed by atoms with E-state index in [1.807, 2.05) is 31.2 Å². The first kappa shape index (κ1) is 22.3. The van der Waals surface area contributed by atoms with Gasteiger partial charge in [-0.15, -0.1) is 0 Å². The highest BCUT2D eigenvalue weighted by molar-refractivity contribution is 5.75. The summed E-state index contributed by atoms with van der Waals surface area (Å²) in [6, 6.07) is 13.4. The Hall–Kier alpha value is -3.42. The molecule has 8 heteroatoms. The van der Waals surface area contributed by atoms with Crippen molar-refractivity contribution < 1.29 is 23.2 Å². The first-order valence-corrected chi connectivity index (χ1v) is 10.3. The Bertz CT molecular complexity index is 942. The number of amides is 1. The fourth-order valence-corrected chi connectivity index (χ4v) is 2.83. The second-order valence-corrected chi connectivity index (χ2v) is 6.83. The first-order chi connectivity index (χ1) is 15.1. The minimum atomic E-state index is -0.289. The molecule has 0 radical (unpaired) electrons. The predicted octanol–water partition coefficient (Wildman–Crippen LogP) is 4.18. The van der Waals surface area contributed by atoms with Gasteiger partial charge in [0, 0.05) is 24.9 Å². The van der Waals surface area contributed by atoms with Crippen molar-refractivity contribution in [3.8, 4) is 22.9 Å². The lowest BCUT2D eigenvalue weighted by Gasteiger charge is -2.07. The molecule has 0 bridgehead atoms. The van der Waals surface area contributed by atoms with Gasteiger partial charge in [-0.1, -0.05) is 5.16 Å². The summed E-state index contributed by atoms with van der Waals surface area (Å²) >= 11 is 0. The fourth-order valence-electron chi connectivity index (χ4n) is 2.83. The number of unbranched alkanes of at least 4 members (excludes halogenated alkanes) is 1. The molecule has 0 aliphatic carbocycles. The number of aromatic nitrogens is 2. The van der Waals surface area contributed by atoms with Crippen LogP contribution in [-0.2, 0) is 11.2 Å². The molecule has 7 nitrogen and oxygen atoms in total. The number of nitrogens with one attached hydrogen (secondary N) is 1. The van der Waals surface area contributed by atoms with Crippen LogP contribution in [0.15, 0.2) is 53.1 Å². The molecule has 2 aromatic carbocycles. The van der Waals surface area contributed by atoms with Crippen LogP contribution >= 0.6 is 0 Å². The van der Waals surface area contributed by atoms with Gasteiger partial charge in [0.05, 0.1) is 13.2 Å². The number of ether oxygens (including phenoxy) is 2. The summed E-state index contributed by atoms with van der Waals surface area (Å²) in [7, 11) is 0. The minimum Gasteiger partial charge on any atom is -0.494 e. The number of halogens is 1. The number of carbonyl (C=O) groups is 1. The molecule has 0 fully saturated rings. The van der Waals surface area contributed by atoms with Crippen molar-refractivity contribution in [3.63, 3.8) is 0 Å². The smallest absolute Gasteiger partial charge is 0.227 e. The molecule has 0 atom stereocenters. The van der Waals surface area contributed by atoms with E-state index >= 15 is 0 Å². The van der Waals surface area contributed by atoms with Crippen molar-refractivity contribution in [2.24, 2.45) is 0 Å². The average Bonchev–Trinajstić information content (AvgIpc) is 3.26. The van der Waals surface area contributed by atoms with E-state index in [0.29, 0.717) is 43.6 Å². The normalized spacial score (nSPS) is 10.6. The van der Waals surface area contributed by atoms with Crippen molar-refractivity contribution in [2.45, 2.75) is 32.6 Å². The maximum Gasteiger partial charge on any atom is 0.227 e. The molecule has 3 rings (SSSR count). The zero-order valence-electron chi connectivity index (χ0n) is 17.5. The topological polar surface area (TPSA) is 86.5 Å². The van der Waals surface area contributed by atoms with E-state index in [2.05, 4.69) is 15.5 Å².